The molecule has 1 aliphatic carbocycles. The van der Waals surface area contributed by atoms with Crippen molar-refractivity contribution in [3.05, 3.63) is 17.0 Å². The highest BCUT2D eigenvalue weighted by Gasteiger charge is 2.26. The number of likely N-dealkylation sites (tertiary alicyclic amines) is 1. The van der Waals surface area contributed by atoms with Crippen molar-refractivity contribution >= 4 is 27.3 Å². The Hall–Kier alpha value is -0.920. The predicted molar refractivity (Wildman–Crippen MR) is 82.0 cm³/mol. The van der Waals surface area contributed by atoms with Gasteiger partial charge in [0.2, 0.25) is 10.0 Å². The minimum Gasteiger partial charge on any atom is -0.339 e. The quantitative estimate of drug-likeness (QED) is 0.921. The minimum absolute atomic E-state index is 0.0499. The fourth-order valence-electron chi connectivity index (χ4n) is 2.99. The first-order valence-electron chi connectivity index (χ1n) is 7.46. The van der Waals surface area contributed by atoms with E-state index >= 15 is 0 Å². The second-order valence-electron chi connectivity index (χ2n) is 5.76. The lowest BCUT2D eigenvalue weighted by Gasteiger charge is -2.13. The van der Waals surface area contributed by atoms with Crippen LogP contribution >= 0.6 is 11.3 Å². The van der Waals surface area contributed by atoms with Crippen LogP contribution in [0.4, 0.5) is 0 Å². The van der Waals surface area contributed by atoms with E-state index < -0.39 is 10.0 Å². The van der Waals surface area contributed by atoms with Gasteiger partial charge in [0.05, 0.1) is 5.56 Å². The van der Waals surface area contributed by atoms with Crippen LogP contribution in [0.5, 0.6) is 0 Å². The second-order valence-corrected chi connectivity index (χ2v) is 8.61. The zero-order valence-corrected chi connectivity index (χ0v) is 13.5. The van der Waals surface area contributed by atoms with E-state index in [0.29, 0.717) is 5.56 Å². The number of nitrogens with one attached hydrogen (secondary N) is 1. The largest absolute Gasteiger partial charge is 0.339 e. The van der Waals surface area contributed by atoms with E-state index in [2.05, 4.69) is 4.72 Å². The van der Waals surface area contributed by atoms with Gasteiger partial charge in [-0.25, -0.2) is 13.1 Å². The lowest BCUT2D eigenvalue weighted by Crippen LogP contribution is -2.32. The summed E-state index contributed by atoms with van der Waals surface area (Å²) in [6, 6.07) is 1.57. The number of nitrogens with zero attached hydrogens (tertiary/aromatic N) is 1. The number of thiophene rings is 1. The number of carbonyl (C=O) groups is 1. The molecule has 1 aromatic rings. The van der Waals surface area contributed by atoms with Gasteiger partial charge in [-0.1, -0.05) is 12.8 Å². The van der Waals surface area contributed by atoms with Crippen molar-refractivity contribution in [1.82, 2.24) is 9.62 Å². The number of carbonyl (C=O) groups excluding carboxylic acids is 1. The summed E-state index contributed by atoms with van der Waals surface area (Å²) in [6.07, 6.45) is 6.04. The molecule has 0 atom stereocenters. The third-order valence-corrected chi connectivity index (χ3v) is 7.12. The third-order valence-electron chi connectivity index (χ3n) is 4.16. The molecular formula is C14H20N2O3S2. The SMILES string of the molecule is O=C(c1csc(S(=O)(=O)NC2CCCC2)c1)N1CCCC1. The topological polar surface area (TPSA) is 66.5 Å². The first-order valence-corrected chi connectivity index (χ1v) is 9.83. The Bertz CT molecular complexity index is 612. The van der Waals surface area contributed by atoms with Crippen LogP contribution in [-0.4, -0.2) is 38.4 Å². The standard InChI is InChI=1S/C14H20N2O3S2/c17-14(16-7-3-4-8-16)11-9-13(20-10-11)21(18,19)15-12-5-1-2-6-12/h9-10,12,15H,1-8H2. The highest BCUT2D eigenvalue weighted by molar-refractivity contribution is 7.91. The van der Waals surface area contributed by atoms with Crippen molar-refractivity contribution in [2.45, 2.75) is 48.8 Å². The molecule has 1 amide bonds. The molecule has 2 heterocycles. The third kappa shape index (κ3) is 3.30. The molecule has 0 unspecified atom stereocenters. The molecule has 0 bridgehead atoms. The zero-order chi connectivity index (χ0) is 14.9. The Kier molecular flexibility index (Phi) is 4.33. The molecule has 0 spiro atoms. The van der Waals surface area contributed by atoms with Gasteiger partial charge in [0, 0.05) is 24.5 Å². The molecule has 21 heavy (non-hydrogen) atoms. The molecule has 3 rings (SSSR count). The van der Waals surface area contributed by atoms with Gasteiger partial charge < -0.3 is 4.90 Å². The lowest BCUT2D eigenvalue weighted by atomic mass is 10.3. The first-order chi connectivity index (χ1) is 10.1. The van der Waals surface area contributed by atoms with Crippen molar-refractivity contribution in [2.24, 2.45) is 0 Å². The minimum atomic E-state index is -3.48. The summed E-state index contributed by atoms with van der Waals surface area (Å²) >= 11 is 1.13. The smallest absolute Gasteiger partial charge is 0.254 e. The van der Waals surface area contributed by atoms with E-state index in [1.54, 1.807) is 10.3 Å². The average molecular weight is 328 g/mol. The maximum Gasteiger partial charge on any atom is 0.254 e. The maximum atomic E-state index is 12.3. The van der Waals surface area contributed by atoms with Gasteiger partial charge in [0.15, 0.2) is 0 Å². The Morgan fingerprint density at radius 2 is 1.86 bits per heavy atom. The molecule has 1 aromatic heterocycles. The maximum absolute atomic E-state index is 12.3. The van der Waals surface area contributed by atoms with E-state index in [9.17, 15) is 13.2 Å². The Balaban J connectivity index is 1.72. The van der Waals surface area contributed by atoms with Crippen LogP contribution in [0.1, 0.15) is 48.9 Å². The number of sulfonamides is 1. The molecule has 2 fully saturated rings. The van der Waals surface area contributed by atoms with Crippen LogP contribution in [0.15, 0.2) is 15.7 Å². The monoisotopic (exact) mass is 328 g/mol. The van der Waals surface area contributed by atoms with Crippen molar-refractivity contribution < 1.29 is 13.2 Å². The Labute approximate surface area is 129 Å². The highest BCUT2D eigenvalue weighted by atomic mass is 32.2. The summed E-state index contributed by atoms with van der Waals surface area (Å²) in [5.74, 6) is -0.0499. The molecule has 1 saturated heterocycles. The van der Waals surface area contributed by atoms with Gasteiger partial charge in [-0.15, -0.1) is 11.3 Å². The van der Waals surface area contributed by atoms with Crippen LogP contribution in [-0.2, 0) is 10.0 Å². The molecule has 0 aromatic carbocycles. The second kappa shape index (κ2) is 6.06. The summed E-state index contributed by atoms with van der Waals surface area (Å²) < 4.78 is 27.6. The van der Waals surface area contributed by atoms with E-state index in [1.807, 2.05) is 0 Å². The molecule has 116 valence electrons. The molecule has 0 radical (unpaired) electrons. The van der Waals surface area contributed by atoms with E-state index in [4.69, 9.17) is 0 Å². The molecule has 1 saturated carbocycles. The summed E-state index contributed by atoms with van der Waals surface area (Å²) in [4.78, 5) is 14.0. The van der Waals surface area contributed by atoms with Gasteiger partial charge in [-0.05, 0) is 31.7 Å². The molecule has 1 aliphatic heterocycles. The Morgan fingerprint density at radius 1 is 1.19 bits per heavy atom. The summed E-state index contributed by atoms with van der Waals surface area (Å²) in [5, 5.41) is 1.66. The average Bonchev–Trinajstić information content (AvgIpc) is 3.19. The van der Waals surface area contributed by atoms with Gasteiger partial charge in [0.25, 0.3) is 5.91 Å². The molecule has 1 N–H and O–H groups in total. The summed E-state index contributed by atoms with van der Waals surface area (Å²) in [6.45, 7) is 1.55. The number of hydrogen-bond acceptors (Lipinski definition) is 4. The number of rotatable bonds is 4. The van der Waals surface area contributed by atoms with Crippen molar-refractivity contribution in [2.75, 3.05) is 13.1 Å². The lowest BCUT2D eigenvalue weighted by molar-refractivity contribution is 0.0793. The highest BCUT2D eigenvalue weighted by Crippen LogP contribution is 2.25. The fourth-order valence-corrected chi connectivity index (χ4v) is 5.47. The zero-order valence-electron chi connectivity index (χ0n) is 11.9. The summed E-state index contributed by atoms with van der Waals surface area (Å²) in [5.41, 5.74) is 0.494. The summed E-state index contributed by atoms with van der Waals surface area (Å²) in [7, 11) is -3.48. The van der Waals surface area contributed by atoms with Crippen LogP contribution in [0.3, 0.4) is 0 Å². The number of hydrogen-bond donors (Lipinski definition) is 1. The van der Waals surface area contributed by atoms with Crippen LogP contribution in [0, 0.1) is 0 Å². The fraction of sp³-hybridized carbons (Fsp3) is 0.643. The molecule has 2 aliphatic rings. The molecule has 5 nitrogen and oxygen atoms in total. The van der Waals surface area contributed by atoms with Gasteiger partial charge in [-0.2, -0.15) is 0 Å². The van der Waals surface area contributed by atoms with Crippen LogP contribution < -0.4 is 4.72 Å². The van der Waals surface area contributed by atoms with E-state index in [0.717, 1.165) is 63.0 Å². The van der Waals surface area contributed by atoms with E-state index in [-0.39, 0.29) is 16.2 Å². The van der Waals surface area contributed by atoms with E-state index in [1.165, 1.54) is 6.07 Å². The van der Waals surface area contributed by atoms with Crippen molar-refractivity contribution in [3.63, 3.8) is 0 Å². The van der Waals surface area contributed by atoms with Crippen LogP contribution in [0.2, 0.25) is 0 Å². The normalized spacial score (nSPS) is 20.3. The number of amides is 1. The molecule has 7 heteroatoms. The predicted octanol–water partition coefficient (Wildman–Crippen LogP) is 2.21. The van der Waals surface area contributed by atoms with Crippen molar-refractivity contribution in [3.8, 4) is 0 Å². The molecular weight excluding hydrogens is 308 g/mol. The van der Waals surface area contributed by atoms with Crippen LogP contribution in [0.25, 0.3) is 0 Å². The van der Waals surface area contributed by atoms with Gasteiger partial charge >= 0.3 is 0 Å². The van der Waals surface area contributed by atoms with Gasteiger partial charge in [0.1, 0.15) is 4.21 Å². The van der Waals surface area contributed by atoms with Crippen molar-refractivity contribution in [1.29, 1.82) is 0 Å². The van der Waals surface area contributed by atoms with Gasteiger partial charge in [-0.3, -0.25) is 4.79 Å². The first kappa shape index (κ1) is 15.0. The Morgan fingerprint density at radius 3 is 2.52 bits per heavy atom.